The van der Waals surface area contributed by atoms with E-state index in [0.717, 1.165) is 19.3 Å². The van der Waals surface area contributed by atoms with Gasteiger partial charge in [0.25, 0.3) is 7.82 Å². The molecule has 0 aliphatic heterocycles. The first kappa shape index (κ1) is 36.2. The van der Waals surface area contributed by atoms with Crippen LogP contribution in [0.25, 0.3) is 0 Å². The Hall–Kier alpha value is -0.760. The lowest BCUT2D eigenvalue weighted by molar-refractivity contribution is -0.870. The van der Waals surface area contributed by atoms with E-state index in [-0.39, 0.29) is 25.5 Å². The van der Waals surface area contributed by atoms with Crippen LogP contribution in [0.5, 0.6) is 0 Å². The van der Waals surface area contributed by atoms with Gasteiger partial charge in [-0.3, -0.25) is 9.36 Å². The third kappa shape index (κ3) is 24.0. The second-order valence-electron chi connectivity index (χ2n) is 11.1. The molecule has 0 heterocycles. The summed E-state index contributed by atoms with van der Waals surface area (Å²) in [6.45, 7) is 4.05. The molecule has 0 aromatic heterocycles. The van der Waals surface area contributed by atoms with Crippen LogP contribution in [0.1, 0.15) is 110 Å². The van der Waals surface area contributed by atoms with Gasteiger partial charge in [0.05, 0.1) is 39.9 Å². The van der Waals surface area contributed by atoms with Gasteiger partial charge in [-0.1, -0.05) is 103 Å². The van der Waals surface area contributed by atoms with Crippen molar-refractivity contribution in [1.29, 1.82) is 0 Å². The number of hydrogen-bond donors (Lipinski definition) is 2. The van der Waals surface area contributed by atoms with Crippen LogP contribution in [0.2, 0.25) is 0 Å². The summed E-state index contributed by atoms with van der Waals surface area (Å²) in [6.07, 6.45) is 20.4. The maximum atomic E-state index is 12.1. The first-order chi connectivity index (χ1) is 17.5. The molecule has 0 rings (SSSR count). The SMILES string of the molecule is CCCCCCCCCCCCCCC/C=C/C(O)C(COP(=O)([O-])OCC[N+](C)(C)C)NC(=O)CC. The van der Waals surface area contributed by atoms with Crippen LogP contribution in [0, 0.1) is 0 Å². The van der Waals surface area contributed by atoms with Crippen LogP contribution >= 0.6 is 7.82 Å². The quantitative estimate of drug-likeness (QED) is 0.0676. The molecule has 0 aromatic rings. The van der Waals surface area contributed by atoms with Gasteiger partial charge in [-0.15, -0.1) is 0 Å². The lowest BCUT2D eigenvalue weighted by Gasteiger charge is -2.29. The van der Waals surface area contributed by atoms with Crippen molar-refractivity contribution in [3.05, 3.63) is 12.2 Å². The third-order valence-electron chi connectivity index (χ3n) is 6.31. The van der Waals surface area contributed by atoms with E-state index >= 15 is 0 Å². The summed E-state index contributed by atoms with van der Waals surface area (Å²) in [4.78, 5) is 23.9. The van der Waals surface area contributed by atoms with Crippen molar-refractivity contribution in [3.63, 3.8) is 0 Å². The molecule has 9 heteroatoms. The molecule has 0 aliphatic carbocycles. The maximum absolute atomic E-state index is 12.1. The van der Waals surface area contributed by atoms with Crippen molar-refractivity contribution in [3.8, 4) is 0 Å². The molecule has 0 aromatic carbocycles. The number of phosphoric acid groups is 1. The number of allylic oxidation sites excluding steroid dienone is 1. The molecule has 2 N–H and O–H groups in total. The van der Waals surface area contributed by atoms with E-state index in [9.17, 15) is 19.4 Å². The van der Waals surface area contributed by atoms with Gasteiger partial charge in [0.15, 0.2) is 0 Å². The molecule has 3 unspecified atom stereocenters. The summed E-state index contributed by atoms with van der Waals surface area (Å²) >= 11 is 0. The summed E-state index contributed by atoms with van der Waals surface area (Å²) in [7, 11) is 1.25. The molecule has 0 spiro atoms. The fourth-order valence-corrected chi connectivity index (χ4v) is 4.54. The van der Waals surface area contributed by atoms with Crippen molar-refractivity contribution in [2.75, 3.05) is 40.9 Å². The Kier molecular flexibility index (Phi) is 21.6. The minimum Gasteiger partial charge on any atom is -0.756 e. The van der Waals surface area contributed by atoms with E-state index in [4.69, 9.17) is 9.05 Å². The van der Waals surface area contributed by atoms with Gasteiger partial charge < -0.3 is 28.8 Å². The second kappa shape index (κ2) is 22.1. The van der Waals surface area contributed by atoms with Gasteiger partial charge in [-0.2, -0.15) is 0 Å². The number of aliphatic hydroxyl groups excluding tert-OH is 1. The number of carbonyl (C=O) groups is 1. The zero-order chi connectivity index (χ0) is 28.0. The minimum atomic E-state index is -4.53. The van der Waals surface area contributed by atoms with Crippen molar-refractivity contribution >= 4 is 13.7 Å². The normalized spacial score (nSPS) is 15.5. The number of amides is 1. The van der Waals surface area contributed by atoms with Gasteiger partial charge in [-0.05, 0) is 12.8 Å². The molecule has 37 heavy (non-hydrogen) atoms. The summed E-state index contributed by atoms with van der Waals surface area (Å²) in [5.74, 6) is -0.288. The smallest absolute Gasteiger partial charge is 0.268 e. The van der Waals surface area contributed by atoms with Crippen LogP contribution in [0.15, 0.2) is 12.2 Å². The average Bonchev–Trinajstić information content (AvgIpc) is 2.82. The Balaban J connectivity index is 4.17. The highest BCUT2D eigenvalue weighted by Gasteiger charge is 2.22. The zero-order valence-corrected chi connectivity index (χ0v) is 25.3. The molecule has 3 atom stereocenters. The number of unbranched alkanes of at least 4 members (excludes halogenated alkanes) is 13. The number of phosphoric ester groups is 1. The largest absolute Gasteiger partial charge is 0.756 e. The van der Waals surface area contributed by atoms with E-state index in [0.29, 0.717) is 11.0 Å². The van der Waals surface area contributed by atoms with E-state index in [1.54, 1.807) is 13.0 Å². The molecular weight excluding hydrogens is 491 g/mol. The number of quaternary nitrogens is 1. The molecule has 0 bridgehead atoms. The fourth-order valence-electron chi connectivity index (χ4n) is 3.82. The number of aliphatic hydroxyl groups is 1. The lowest BCUT2D eigenvalue weighted by atomic mass is 10.0. The van der Waals surface area contributed by atoms with Gasteiger partial charge in [-0.25, -0.2) is 0 Å². The van der Waals surface area contributed by atoms with Crippen LogP contribution < -0.4 is 10.2 Å². The van der Waals surface area contributed by atoms with E-state index in [2.05, 4.69) is 12.2 Å². The van der Waals surface area contributed by atoms with Gasteiger partial charge in [0, 0.05) is 6.42 Å². The monoisotopic (exact) mass is 548 g/mol. The number of nitrogens with zero attached hydrogens (tertiary/aromatic N) is 1. The molecule has 8 nitrogen and oxygen atoms in total. The first-order valence-electron chi connectivity index (χ1n) is 14.6. The minimum absolute atomic E-state index is 0.00214. The Labute approximate surface area is 227 Å². The number of rotatable bonds is 25. The molecule has 0 fully saturated rings. The molecule has 220 valence electrons. The second-order valence-corrected chi connectivity index (χ2v) is 12.5. The molecular formula is C28H57N2O6P. The number of likely N-dealkylation sites (N-methyl/N-ethyl adjacent to an activating group) is 1. The van der Waals surface area contributed by atoms with Crippen LogP contribution in [0.4, 0.5) is 0 Å². The molecule has 0 saturated heterocycles. The fraction of sp³-hybridized carbons (Fsp3) is 0.893. The third-order valence-corrected chi connectivity index (χ3v) is 7.28. The van der Waals surface area contributed by atoms with Gasteiger partial charge in [0.1, 0.15) is 13.2 Å². The van der Waals surface area contributed by atoms with E-state index < -0.39 is 20.0 Å². The van der Waals surface area contributed by atoms with Crippen LogP contribution in [-0.4, -0.2) is 68.5 Å². The van der Waals surface area contributed by atoms with Crippen molar-refractivity contribution < 1.29 is 32.9 Å². The Morgan fingerprint density at radius 2 is 1.43 bits per heavy atom. The van der Waals surface area contributed by atoms with Crippen molar-refractivity contribution in [2.45, 2.75) is 122 Å². The standard InChI is InChI=1S/C28H57N2O6P/c1-6-8-9-10-11-12-13-14-15-16-17-18-19-20-21-22-27(31)26(29-28(32)7-2)25-36-37(33,34)35-24-23-30(3,4)5/h21-22,26-27,31H,6-20,23-25H2,1-5H3,(H-,29,32,33,34)/b22-21+. The Morgan fingerprint density at radius 1 is 0.919 bits per heavy atom. The summed E-state index contributed by atoms with van der Waals surface area (Å²) in [5, 5.41) is 13.2. The van der Waals surface area contributed by atoms with Crippen LogP contribution in [-0.2, 0) is 18.4 Å². The van der Waals surface area contributed by atoms with E-state index in [1.165, 1.54) is 70.6 Å². The van der Waals surface area contributed by atoms with Crippen LogP contribution in [0.3, 0.4) is 0 Å². The topological polar surface area (TPSA) is 108 Å². The highest BCUT2D eigenvalue weighted by Crippen LogP contribution is 2.38. The predicted octanol–water partition coefficient (Wildman–Crippen LogP) is 5.49. The summed E-state index contributed by atoms with van der Waals surface area (Å²) < 4.78 is 22.5. The first-order valence-corrected chi connectivity index (χ1v) is 16.0. The molecule has 0 saturated carbocycles. The van der Waals surface area contributed by atoms with Gasteiger partial charge in [0.2, 0.25) is 5.91 Å². The number of nitrogens with one attached hydrogen (secondary N) is 1. The lowest BCUT2D eigenvalue weighted by Crippen LogP contribution is -2.45. The average molecular weight is 549 g/mol. The summed E-state index contributed by atoms with van der Waals surface area (Å²) in [6, 6.07) is -0.875. The maximum Gasteiger partial charge on any atom is 0.268 e. The zero-order valence-electron chi connectivity index (χ0n) is 24.4. The van der Waals surface area contributed by atoms with E-state index in [1.807, 2.05) is 27.2 Å². The predicted molar refractivity (Wildman–Crippen MR) is 150 cm³/mol. The number of carbonyl (C=O) groups excluding carboxylic acids is 1. The molecule has 1 amide bonds. The Morgan fingerprint density at radius 3 is 1.92 bits per heavy atom. The molecule has 0 aliphatic rings. The van der Waals surface area contributed by atoms with Crippen molar-refractivity contribution in [2.24, 2.45) is 0 Å². The summed E-state index contributed by atoms with van der Waals surface area (Å²) in [5.41, 5.74) is 0. The Bertz CT molecular complexity index is 639. The highest BCUT2D eigenvalue weighted by atomic mass is 31.2. The highest BCUT2D eigenvalue weighted by molar-refractivity contribution is 7.45. The van der Waals surface area contributed by atoms with Crippen molar-refractivity contribution in [1.82, 2.24) is 5.32 Å². The van der Waals surface area contributed by atoms with Gasteiger partial charge >= 0.3 is 0 Å². The molecule has 0 radical (unpaired) electrons. The number of hydrogen-bond acceptors (Lipinski definition) is 6.